The minimum Gasteiger partial charge on any atom is -0.228 e. The minimum absolute atomic E-state index is 0.821. The van der Waals surface area contributed by atoms with Gasteiger partial charge in [0.1, 0.15) is 0 Å². The summed E-state index contributed by atoms with van der Waals surface area (Å²) in [5.74, 6) is 0.833. The van der Waals surface area contributed by atoms with Crippen LogP contribution >= 0.6 is 34.7 Å². The second-order valence-corrected chi connectivity index (χ2v) is 5.76. The Balaban J connectivity index is 2.07. The first-order valence-corrected chi connectivity index (χ1v) is 7.06. The van der Waals surface area contributed by atoms with Crippen molar-refractivity contribution < 1.29 is 0 Å². The zero-order valence-corrected chi connectivity index (χ0v) is 11.4. The SMILES string of the molecule is Cc1cc(C)nc(SCc2sccc2Cl)n1. The van der Waals surface area contributed by atoms with E-state index in [-0.39, 0.29) is 0 Å². The summed E-state index contributed by atoms with van der Waals surface area (Å²) in [5.41, 5.74) is 2.01. The molecule has 0 atom stereocenters. The van der Waals surface area contributed by atoms with Crippen LogP contribution in [0.4, 0.5) is 0 Å². The molecule has 0 radical (unpaired) electrons. The highest BCUT2D eigenvalue weighted by atomic mass is 35.5. The molecule has 2 rings (SSSR count). The molecule has 0 aliphatic rings. The molecule has 0 bridgehead atoms. The molecule has 0 aromatic carbocycles. The number of halogens is 1. The van der Waals surface area contributed by atoms with Crippen molar-refractivity contribution in [2.45, 2.75) is 24.8 Å². The topological polar surface area (TPSA) is 25.8 Å². The molecule has 2 heterocycles. The lowest BCUT2D eigenvalue weighted by atomic mass is 10.4. The van der Waals surface area contributed by atoms with Crippen LogP contribution in [0, 0.1) is 13.8 Å². The molecule has 0 unspecified atom stereocenters. The number of hydrogen-bond donors (Lipinski definition) is 0. The fraction of sp³-hybridized carbons (Fsp3) is 0.273. The number of hydrogen-bond acceptors (Lipinski definition) is 4. The van der Waals surface area contributed by atoms with Crippen LogP contribution in [0.1, 0.15) is 16.3 Å². The van der Waals surface area contributed by atoms with Crippen LogP contribution in [0.25, 0.3) is 0 Å². The van der Waals surface area contributed by atoms with Crippen molar-refractivity contribution in [3.8, 4) is 0 Å². The van der Waals surface area contributed by atoms with Crippen LogP contribution in [-0.4, -0.2) is 9.97 Å². The maximum Gasteiger partial charge on any atom is 0.188 e. The number of rotatable bonds is 3. The zero-order chi connectivity index (χ0) is 11.5. The third-order valence-electron chi connectivity index (χ3n) is 1.99. The predicted molar refractivity (Wildman–Crippen MR) is 70.4 cm³/mol. The summed E-state index contributed by atoms with van der Waals surface area (Å²) in [5, 5.41) is 3.66. The molecule has 0 saturated carbocycles. The van der Waals surface area contributed by atoms with Gasteiger partial charge in [-0.05, 0) is 31.4 Å². The lowest BCUT2D eigenvalue weighted by molar-refractivity contribution is 0.902. The monoisotopic (exact) mass is 270 g/mol. The highest BCUT2D eigenvalue weighted by Gasteiger charge is 2.05. The van der Waals surface area contributed by atoms with Gasteiger partial charge in [-0.3, -0.25) is 0 Å². The maximum atomic E-state index is 6.02. The van der Waals surface area contributed by atoms with Crippen LogP contribution in [0.15, 0.2) is 22.7 Å². The summed E-state index contributed by atoms with van der Waals surface area (Å²) in [6.45, 7) is 3.97. The average molecular weight is 271 g/mol. The zero-order valence-electron chi connectivity index (χ0n) is 9.03. The number of aryl methyl sites for hydroxylation is 2. The van der Waals surface area contributed by atoms with E-state index in [0.717, 1.165) is 27.3 Å². The van der Waals surface area contributed by atoms with E-state index in [1.165, 1.54) is 4.88 Å². The van der Waals surface area contributed by atoms with Gasteiger partial charge >= 0.3 is 0 Å². The van der Waals surface area contributed by atoms with E-state index in [0.29, 0.717) is 0 Å². The van der Waals surface area contributed by atoms with Crippen molar-refractivity contribution in [2.24, 2.45) is 0 Å². The highest BCUT2D eigenvalue weighted by Crippen LogP contribution is 2.28. The molecule has 2 aromatic heterocycles. The third-order valence-corrected chi connectivity index (χ3v) is 4.43. The van der Waals surface area contributed by atoms with Gasteiger partial charge in [-0.1, -0.05) is 23.4 Å². The Morgan fingerprint density at radius 2 is 2.00 bits per heavy atom. The molecule has 2 aromatic rings. The maximum absolute atomic E-state index is 6.02. The van der Waals surface area contributed by atoms with Crippen molar-refractivity contribution in [3.05, 3.63) is 38.8 Å². The molecule has 0 fully saturated rings. The van der Waals surface area contributed by atoms with E-state index in [9.17, 15) is 0 Å². The number of thiophene rings is 1. The second kappa shape index (κ2) is 5.17. The molecule has 0 spiro atoms. The summed E-state index contributed by atoms with van der Waals surface area (Å²) >= 11 is 9.32. The Labute approximate surface area is 108 Å². The molecular formula is C11H11ClN2S2. The molecule has 2 nitrogen and oxygen atoms in total. The van der Waals surface area contributed by atoms with Crippen molar-refractivity contribution in [1.82, 2.24) is 9.97 Å². The molecule has 0 aliphatic carbocycles. The van der Waals surface area contributed by atoms with E-state index >= 15 is 0 Å². The van der Waals surface area contributed by atoms with E-state index < -0.39 is 0 Å². The van der Waals surface area contributed by atoms with Crippen molar-refractivity contribution in [3.63, 3.8) is 0 Å². The standard InChI is InChI=1S/C11H11ClN2S2/c1-7-5-8(2)14-11(13-7)16-6-10-9(12)3-4-15-10/h3-5H,6H2,1-2H3. The largest absolute Gasteiger partial charge is 0.228 e. The van der Waals surface area contributed by atoms with E-state index in [2.05, 4.69) is 9.97 Å². The van der Waals surface area contributed by atoms with Gasteiger partial charge in [-0.15, -0.1) is 11.3 Å². The van der Waals surface area contributed by atoms with Gasteiger partial charge in [0.2, 0.25) is 0 Å². The summed E-state index contributed by atoms with van der Waals surface area (Å²) in [7, 11) is 0. The van der Waals surface area contributed by atoms with Gasteiger partial charge in [0.05, 0.1) is 5.02 Å². The van der Waals surface area contributed by atoms with Crippen molar-refractivity contribution in [1.29, 1.82) is 0 Å². The van der Waals surface area contributed by atoms with Crippen LogP contribution in [0.5, 0.6) is 0 Å². The van der Waals surface area contributed by atoms with E-state index in [1.54, 1.807) is 23.1 Å². The quantitative estimate of drug-likeness (QED) is 0.620. The first-order valence-electron chi connectivity index (χ1n) is 4.82. The number of nitrogens with zero attached hydrogens (tertiary/aromatic N) is 2. The second-order valence-electron chi connectivity index (χ2n) is 3.41. The molecule has 0 saturated heterocycles. The number of aromatic nitrogens is 2. The number of thioether (sulfide) groups is 1. The highest BCUT2D eigenvalue weighted by molar-refractivity contribution is 7.98. The Hall–Kier alpha value is -0.580. The van der Waals surface area contributed by atoms with Crippen LogP contribution in [-0.2, 0) is 5.75 Å². The van der Waals surface area contributed by atoms with Gasteiger partial charge in [0.25, 0.3) is 0 Å². The van der Waals surface area contributed by atoms with E-state index in [1.807, 2.05) is 31.4 Å². The Kier molecular flexibility index (Phi) is 3.84. The normalized spacial score (nSPS) is 10.7. The summed E-state index contributed by atoms with van der Waals surface area (Å²) in [6.07, 6.45) is 0. The van der Waals surface area contributed by atoms with Gasteiger partial charge in [0.15, 0.2) is 5.16 Å². The van der Waals surface area contributed by atoms with Crippen molar-refractivity contribution in [2.75, 3.05) is 0 Å². The Bertz CT molecular complexity index is 476. The molecule has 0 aliphatic heterocycles. The minimum atomic E-state index is 0.821. The van der Waals surface area contributed by atoms with Gasteiger partial charge < -0.3 is 0 Å². The molecule has 0 amide bonds. The smallest absolute Gasteiger partial charge is 0.188 e. The fourth-order valence-corrected chi connectivity index (χ4v) is 3.56. The molecule has 0 N–H and O–H groups in total. The summed E-state index contributed by atoms with van der Waals surface area (Å²) in [6, 6.07) is 3.90. The summed E-state index contributed by atoms with van der Waals surface area (Å²) in [4.78, 5) is 9.93. The van der Waals surface area contributed by atoms with Crippen molar-refractivity contribution >= 4 is 34.7 Å². The molecule has 84 valence electrons. The lowest BCUT2D eigenvalue weighted by Gasteiger charge is -2.02. The van der Waals surface area contributed by atoms with Gasteiger partial charge in [-0.2, -0.15) is 0 Å². The average Bonchev–Trinajstić information content (AvgIpc) is 2.59. The van der Waals surface area contributed by atoms with Crippen LogP contribution < -0.4 is 0 Å². The molecule has 16 heavy (non-hydrogen) atoms. The van der Waals surface area contributed by atoms with Gasteiger partial charge in [-0.25, -0.2) is 9.97 Å². The molecule has 5 heteroatoms. The van der Waals surface area contributed by atoms with Gasteiger partial charge in [0, 0.05) is 22.0 Å². The summed E-state index contributed by atoms with van der Waals surface area (Å²) < 4.78 is 0. The first-order chi connectivity index (χ1) is 7.65. The third kappa shape index (κ3) is 2.97. The Morgan fingerprint density at radius 1 is 1.31 bits per heavy atom. The van der Waals surface area contributed by atoms with E-state index in [4.69, 9.17) is 11.6 Å². The first kappa shape index (κ1) is 11.9. The van der Waals surface area contributed by atoms with Crippen LogP contribution in [0.2, 0.25) is 5.02 Å². The fourth-order valence-electron chi connectivity index (χ4n) is 1.32. The Morgan fingerprint density at radius 3 is 2.56 bits per heavy atom. The van der Waals surface area contributed by atoms with Crippen LogP contribution in [0.3, 0.4) is 0 Å². The lowest BCUT2D eigenvalue weighted by Crippen LogP contribution is -1.92. The molecular weight excluding hydrogens is 260 g/mol. The predicted octanol–water partition coefficient (Wildman–Crippen LogP) is 4.10.